The third-order valence-corrected chi connectivity index (χ3v) is 5.95. The molecule has 6 heteroatoms. The van der Waals surface area contributed by atoms with Crippen molar-refractivity contribution < 1.29 is 14.3 Å². The topological polar surface area (TPSA) is 78.6 Å². The summed E-state index contributed by atoms with van der Waals surface area (Å²) in [6.45, 7) is 5.13. The Balaban J connectivity index is 1.50. The average molecular weight is 383 g/mol. The number of carbonyl (C=O) groups is 1. The van der Waals surface area contributed by atoms with Gasteiger partial charge in [-0.05, 0) is 62.9 Å². The van der Waals surface area contributed by atoms with Gasteiger partial charge in [0.05, 0.1) is 17.8 Å². The molecular formula is C22H29N3O3. The number of hydrogen-bond donors (Lipinski definition) is 2. The van der Waals surface area contributed by atoms with E-state index in [1.54, 1.807) is 6.20 Å². The molecule has 2 fully saturated rings. The van der Waals surface area contributed by atoms with E-state index in [-0.39, 0.29) is 24.0 Å². The van der Waals surface area contributed by atoms with Gasteiger partial charge >= 0.3 is 0 Å². The Morgan fingerprint density at radius 3 is 2.79 bits per heavy atom. The molecule has 1 aliphatic carbocycles. The average Bonchev–Trinajstić information content (AvgIpc) is 3.34. The van der Waals surface area contributed by atoms with Gasteiger partial charge in [0.25, 0.3) is 5.91 Å². The number of nitrogens with zero attached hydrogens (tertiary/aromatic N) is 2. The number of hydrogen-bond acceptors (Lipinski definition) is 5. The van der Waals surface area contributed by atoms with Crippen molar-refractivity contribution in [2.75, 3.05) is 13.1 Å². The summed E-state index contributed by atoms with van der Waals surface area (Å²) in [5.74, 6) is 1.25. The summed E-state index contributed by atoms with van der Waals surface area (Å²) in [7, 11) is 0. The van der Waals surface area contributed by atoms with Crippen LogP contribution in [0.25, 0.3) is 0 Å². The number of amides is 1. The molecule has 1 saturated heterocycles. The van der Waals surface area contributed by atoms with Gasteiger partial charge in [-0.15, -0.1) is 0 Å². The van der Waals surface area contributed by atoms with E-state index >= 15 is 0 Å². The van der Waals surface area contributed by atoms with Crippen molar-refractivity contribution in [1.82, 2.24) is 15.2 Å². The standard InChI is InChI=1S/C22H29N3O3/c1-2-19-16(14-25-9-5-6-10-25)13-20(28-19)22(27)24-21(15-11-17(26)12-15)18-7-3-4-8-23-18/h3-4,7-8,13,15,17,21,26H,2,5-6,9-12,14H2,1H3,(H,24,27). The van der Waals surface area contributed by atoms with E-state index in [0.29, 0.717) is 18.6 Å². The fraction of sp³-hybridized carbons (Fsp3) is 0.545. The van der Waals surface area contributed by atoms with Crippen molar-refractivity contribution in [3.8, 4) is 0 Å². The highest BCUT2D eigenvalue weighted by Crippen LogP contribution is 2.37. The van der Waals surface area contributed by atoms with Crippen LogP contribution in [-0.4, -0.2) is 40.1 Å². The van der Waals surface area contributed by atoms with Crippen molar-refractivity contribution >= 4 is 5.91 Å². The van der Waals surface area contributed by atoms with Crippen LogP contribution in [0, 0.1) is 5.92 Å². The molecule has 28 heavy (non-hydrogen) atoms. The van der Waals surface area contributed by atoms with Crippen LogP contribution in [0.15, 0.2) is 34.9 Å². The van der Waals surface area contributed by atoms with E-state index in [1.807, 2.05) is 24.3 Å². The Morgan fingerprint density at radius 1 is 1.36 bits per heavy atom. The second kappa shape index (κ2) is 8.45. The summed E-state index contributed by atoms with van der Waals surface area (Å²) in [6.07, 6.45) is 6.07. The predicted molar refractivity (Wildman–Crippen MR) is 106 cm³/mol. The van der Waals surface area contributed by atoms with Crippen molar-refractivity contribution in [2.45, 2.75) is 57.7 Å². The molecule has 2 aliphatic rings. The Hall–Kier alpha value is -2.18. The Bertz CT molecular complexity index is 793. The van der Waals surface area contributed by atoms with Gasteiger partial charge in [0, 0.05) is 24.7 Å². The quantitative estimate of drug-likeness (QED) is 0.768. The van der Waals surface area contributed by atoms with E-state index in [1.165, 1.54) is 12.8 Å². The number of aromatic nitrogens is 1. The lowest BCUT2D eigenvalue weighted by Crippen LogP contribution is -2.41. The van der Waals surface area contributed by atoms with Gasteiger partial charge in [-0.25, -0.2) is 0 Å². The molecule has 2 N–H and O–H groups in total. The van der Waals surface area contributed by atoms with E-state index in [9.17, 15) is 9.90 Å². The molecule has 2 aromatic rings. The maximum absolute atomic E-state index is 13.0. The summed E-state index contributed by atoms with van der Waals surface area (Å²) in [5.41, 5.74) is 1.94. The zero-order chi connectivity index (χ0) is 19.5. The molecule has 0 aromatic carbocycles. The number of furan rings is 1. The van der Waals surface area contributed by atoms with Crippen molar-refractivity contribution in [3.05, 3.63) is 53.2 Å². The number of rotatable bonds is 7. The molecular weight excluding hydrogens is 354 g/mol. The second-order valence-electron chi connectivity index (χ2n) is 7.99. The van der Waals surface area contributed by atoms with Gasteiger partial charge in [-0.1, -0.05) is 13.0 Å². The molecule has 0 bridgehead atoms. The number of carbonyl (C=O) groups excluding carboxylic acids is 1. The molecule has 0 radical (unpaired) electrons. The third-order valence-electron chi connectivity index (χ3n) is 5.95. The minimum Gasteiger partial charge on any atom is -0.456 e. The maximum atomic E-state index is 13.0. The van der Waals surface area contributed by atoms with Gasteiger partial charge in [-0.3, -0.25) is 14.7 Å². The highest BCUT2D eigenvalue weighted by Gasteiger charge is 2.37. The normalized spacial score (nSPS) is 23.4. The smallest absolute Gasteiger partial charge is 0.287 e. The first kappa shape index (κ1) is 19.2. The second-order valence-corrected chi connectivity index (χ2v) is 7.99. The zero-order valence-electron chi connectivity index (χ0n) is 16.4. The van der Waals surface area contributed by atoms with Crippen LogP contribution in [0.2, 0.25) is 0 Å². The first-order valence-electron chi connectivity index (χ1n) is 10.4. The Kier molecular flexibility index (Phi) is 5.78. The van der Waals surface area contributed by atoms with Crippen LogP contribution in [-0.2, 0) is 13.0 Å². The van der Waals surface area contributed by atoms with Crippen LogP contribution >= 0.6 is 0 Å². The predicted octanol–water partition coefficient (Wildman–Crippen LogP) is 3.07. The summed E-state index contributed by atoms with van der Waals surface area (Å²) in [4.78, 5) is 19.8. The molecule has 2 aromatic heterocycles. The largest absolute Gasteiger partial charge is 0.456 e. The van der Waals surface area contributed by atoms with Crippen molar-refractivity contribution in [2.24, 2.45) is 5.92 Å². The van der Waals surface area contributed by atoms with Crippen LogP contribution in [0.4, 0.5) is 0 Å². The number of aliphatic hydroxyl groups is 1. The Morgan fingerprint density at radius 2 is 2.14 bits per heavy atom. The van der Waals surface area contributed by atoms with Crippen LogP contribution < -0.4 is 5.32 Å². The Labute approximate surface area is 166 Å². The maximum Gasteiger partial charge on any atom is 0.287 e. The lowest BCUT2D eigenvalue weighted by molar-refractivity contribution is 0.0225. The fourth-order valence-corrected chi connectivity index (χ4v) is 4.30. The first-order valence-corrected chi connectivity index (χ1v) is 10.4. The molecule has 150 valence electrons. The fourth-order valence-electron chi connectivity index (χ4n) is 4.30. The summed E-state index contributed by atoms with van der Waals surface area (Å²) >= 11 is 0. The van der Waals surface area contributed by atoms with Crippen LogP contribution in [0.3, 0.4) is 0 Å². The number of aliphatic hydroxyl groups excluding tert-OH is 1. The number of likely N-dealkylation sites (tertiary alicyclic amines) is 1. The van der Waals surface area contributed by atoms with Gasteiger partial charge in [0.15, 0.2) is 5.76 Å². The van der Waals surface area contributed by atoms with E-state index in [4.69, 9.17) is 4.42 Å². The molecule has 3 heterocycles. The van der Waals surface area contributed by atoms with Gasteiger partial charge in [0.1, 0.15) is 5.76 Å². The van der Waals surface area contributed by atoms with Gasteiger partial charge < -0.3 is 14.8 Å². The number of pyridine rings is 1. The van der Waals surface area contributed by atoms with Crippen LogP contribution in [0.1, 0.15) is 66.2 Å². The first-order chi connectivity index (χ1) is 13.6. The highest BCUT2D eigenvalue weighted by atomic mass is 16.4. The molecule has 1 saturated carbocycles. The molecule has 1 amide bonds. The minimum atomic E-state index is -0.282. The molecule has 4 rings (SSSR count). The lowest BCUT2D eigenvalue weighted by Gasteiger charge is -2.37. The lowest BCUT2D eigenvalue weighted by atomic mass is 9.76. The molecule has 1 atom stereocenters. The minimum absolute atomic E-state index is 0.193. The summed E-state index contributed by atoms with van der Waals surface area (Å²) in [5, 5.41) is 12.8. The highest BCUT2D eigenvalue weighted by molar-refractivity contribution is 5.92. The van der Waals surface area contributed by atoms with Gasteiger partial charge in [-0.2, -0.15) is 0 Å². The SMILES string of the molecule is CCc1oc(C(=O)NC(c2ccccn2)C2CC(O)C2)cc1CN1CCCC1. The summed E-state index contributed by atoms with van der Waals surface area (Å²) < 4.78 is 5.92. The van der Waals surface area contributed by atoms with E-state index < -0.39 is 0 Å². The zero-order valence-corrected chi connectivity index (χ0v) is 16.4. The van der Waals surface area contributed by atoms with E-state index in [0.717, 1.165) is 43.1 Å². The third kappa shape index (κ3) is 4.13. The monoisotopic (exact) mass is 383 g/mol. The van der Waals surface area contributed by atoms with Gasteiger partial charge in [0.2, 0.25) is 0 Å². The summed E-state index contributed by atoms with van der Waals surface area (Å²) in [6, 6.07) is 7.40. The molecule has 6 nitrogen and oxygen atoms in total. The molecule has 0 spiro atoms. The van der Waals surface area contributed by atoms with E-state index in [2.05, 4.69) is 22.1 Å². The van der Waals surface area contributed by atoms with Crippen molar-refractivity contribution in [1.29, 1.82) is 0 Å². The molecule has 1 unspecified atom stereocenters. The molecule has 1 aliphatic heterocycles. The number of nitrogens with one attached hydrogen (secondary N) is 1. The number of aryl methyl sites for hydroxylation is 1. The van der Waals surface area contributed by atoms with Crippen LogP contribution in [0.5, 0.6) is 0 Å². The van der Waals surface area contributed by atoms with Crippen molar-refractivity contribution in [3.63, 3.8) is 0 Å².